The van der Waals surface area contributed by atoms with Crippen LogP contribution in [0, 0.1) is 20.8 Å². The van der Waals surface area contributed by atoms with Crippen LogP contribution in [0.5, 0.6) is 0 Å². The van der Waals surface area contributed by atoms with Gasteiger partial charge in [-0.05, 0) is 38.0 Å². The zero-order chi connectivity index (χ0) is 13.1. The average Bonchev–Trinajstić information content (AvgIpc) is 2.63. The molecule has 0 unspecified atom stereocenters. The van der Waals surface area contributed by atoms with E-state index in [0.717, 1.165) is 34.6 Å². The predicted molar refractivity (Wildman–Crippen MR) is 75.4 cm³/mol. The maximum absolute atomic E-state index is 5.14. The Balaban J connectivity index is 1.96. The second-order valence-electron chi connectivity index (χ2n) is 4.50. The van der Waals surface area contributed by atoms with Gasteiger partial charge < -0.3 is 9.84 Å². The molecule has 0 atom stereocenters. The number of hydrogen-bond donors (Lipinski definition) is 1. The first-order valence-corrected chi connectivity index (χ1v) is 6.74. The Morgan fingerprint density at radius 3 is 2.61 bits per heavy atom. The molecule has 0 aliphatic heterocycles. The molecule has 0 radical (unpaired) electrons. The van der Waals surface area contributed by atoms with E-state index in [9.17, 15) is 0 Å². The fourth-order valence-electron chi connectivity index (χ4n) is 1.87. The zero-order valence-corrected chi connectivity index (χ0v) is 12.5. The van der Waals surface area contributed by atoms with Crippen LogP contribution in [-0.4, -0.2) is 5.16 Å². The van der Waals surface area contributed by atoms with Gasteiger partial charge in [0.05, 0.1) is 5.69 Å². The number of nitrogens with zero attached hydrogens (tertiary/aromatic N) is 1. The molecule has 2 aromatic rings. The Kier molecular flexibility index (Phi) is 4.19. The Hall–Kier alpha value is -1.13. The quantitative estimate of drug-likeness (QED) is 0.937. The van der Waals surface area contributed by atoms with Crippen molar-refractivity contribution in [3.8, 4) is 0 Å². The van der Waals surface area contributed by atoms with Gasteiger partial charge in [-0.1, -0.05) is 33.2 Å². The number of benzene rings is 1. The van der Waals surface area contributed by atoms with Crippen molar-refractivity contribution >= 4 is 15.9 Å². The van der Waals surface area contributed by atoms with Gasteiger partial charge in [-0.15, -0.1) is 0 Å². The third-order valence-electron chi connectivity index (χ3n) is 3.01. The molecule has 0 aliphatic carbocycles. The lowest BCUT2D eigenvalue weighted by molar-refractivity contribution is 0.392. The third kappa shape index (κ3) is 3.00. The minimum absolute atomic E-state index is 0.779. The first-order valence-electron chi connectivity index (χ1n) is 5.95. The largest absolute Gasteiger partial charge is 0.361 e. The van der Waals surface area contributed by atoms with E-state index in [1.165, 1.54) is 11.1 Å². The van der Waals surface area contributed by atoms with E-state index in [2.05, 4.69) is 51.5 Å². The van der Waals surface area contributed by atoms with Crippen LogP contribution in [-0.2, 0) is 13.1 Å². The lowest BCUT2D eigenvalue weighted by atomic mass is 10.1. The molecule has 1 aromatic carbocycles. The Bertz CT molecular complexity index is 529. The first-order chi connectivity index (χ1) is 8.58. The van der Waals surface area contributed by atoms with Gasteiger partial charge in [-0.3, -0.25) is 0 Å². The summed E-state index contributed by atoms with van der Waals surface area (Å²) in [6, 6.07) is 6.39. The van der Waals surface area contributed by atoms with Crippen LogP contribution >= 0.6 is 15.9 Å². The van der Waals surface area contributed by atoms with Crippen LogP contribution in [0.25, 0.3) is 0 Å². The Morgan fingerprint density at radius 1 is 1.22 bits per heavy atom. The predicted octanol–water partition coefficient (Wildman–Crippen LogP) is 3.65. The van der Waals surface area contributed by atoms with Crippen molar-refractivity contribution in [1.82, 2.24) is 10.5 Å². The van der Waals surface area contributed by atoms with Crippen LogP contribution in [0.4, 0.5) is 0 Å². The molecule has 0 bridgehead atoms. The number of hydrogen-bond acceptors (Lipinski definition) is 3. The van der Waals surface area contributed by atoms with Crippen molar-refractivity contribution < 1.29 is 4.52 Å². The van der Waals surface area contributed by atoms with Gasteiger partial charge in [0.2, 0.25) is 0 Å². The molecular weight excluding hydrogens is 292 g/mol. The number of rotatable bonds is 4. The summed E-state index contributed by atoms with van der Waals surface area (Å²) in [4.78, 5) is 0. The standard InChI is InChI=1S/C14H17BrN2O/c1-9-4-5-12(14(15)6-9)7-16-8-13-10(2)17-18-11(13)3/h4-6,16H,7-8H2,1-3H3. The van der Waals surface area contributed by atoms with Crippen LogP contribution in [0.3, 0.4) is 0 Å². The lowest BCUT2D eigenvalue weighted by Gasteiger charge is -2.07. The average molecular weight is 309 g/mol. The van der Waals surface area contributed by atoms with Gasteiger partial charge >= 0.3 is 0 Å². The first kappa shape index (κ1) is 13.3. The van der Waals surface area contributed by atoms with Crippen molar-refractivity contribution in [3.63, 3.8) is 0 Å². The summed E-state index contributed by atoms with van der Waals surface area (Å²) < 4.78 is 6.29. The summed E-state index contributed by atoms with van der Waals surface area (Å²) in [6.07, 6.45) is 0. The van der Waals surface area contributed by atoms with E-state index in [4.69, 9.17) is 4.52 Å². The molecule has 0 saturated heterocycles. The Morgan fingerprint density at radius 2 is 2.00 bits per heavy atom. The van der Waals surface area contributed by atoms with Gasteiger partial charge in [-0.2, -0.15) is 0 Å². The minimum atomic E-state index is 0.779. The molecule has 1 heterocycles. The molecule has 0 saturated carbocycles. The highest BCUT2D eigenvalue weighted by molar-refractivity contribution is 9.10. The minimum Gasteiger partial charge on any atom is -0.361 e. The maximum Gasteiger partial charge on any atom is 0.138 e. The van der Waals surface area contributed by atoms with Gasteiger partial charge in [0, 0.05) is 23.1 Å². The molecule has 2 rings (SSSR count). The van der Waals surface area contributed by atoms with E-state index in [0.29, 0.717) is 0 Å². The zero-order valence-electron chi connectivity index (χ0n) is 10.9. The number of halogens is 1. The van der Waals surface area contributed by atoms with E-state index < -0.39 is 0 Å². The number of nitrogens with one attached hydrogen (secondary N) is 1. The molecule has 18 heavy (non-hydrogen) atoms. The highest BCUT2D eigenvalue weighted by Gasteiger charge is 2.08. The van der Waals surface area contributed by atoms with Gasteiger partial charge in [-0.25, -0.2) is 0 Å². The summed E-state index contributed by atoms with van der Waals surface area (Å²) in [6.45, 7) is 7.60. The highest BCUT2D eigenvalue weighted by Crippen LogP contribution is 2.18. The van der Waals surface area contributed by atoms with E-state index in [1.54, 1.807) is 0 Å². The topological polar surface area (TPSA) is 38.1 Å². The van der Waals surface area contributed by atoms with E-state index >= 15 is 0 Å². The SMILES string of the molecule is Cc1ccc(CNCc2c(C)noc2C)c(Br)c1. The van der Waals surface area contributed by atoms with Crippen LogP contribution in [0.1, 0.15) is 28.1 Å². The molecule has 0 amide bonds. The second-order valence-corrected chi connectivity index (χ2v) is 5.36. The van der Waals surface area contributed by atoms with E-state index in [1.807, 2.05) is 13.8 Å². The molecule has 4 heteroatoms. The summed E-state index contributed by atoms with van der Waals surface area (Å²) in [5.41, 5.74) is 4.63. The second kappa shape index (κ2) is 5.67. The number of aryl methyl sites for hydroxylation is 3. The van der Waals surface area contributed by atoms with Crippen molar-refractivity contribution in [2.75, 3.05) is 0 Å². The molecule has 3 nitrogen and oxygen atoms in total. The van der Waals surface area contributed by atoms with Crippen LogP contribution in [0.2, 0.25) is 0 Å². The van der Waals surface area contributed by atoms with Gasteiger partial charge in [0.1, 0.15) is 5.76 Å². The third-order valence-corrected chi connectivity index (χ3v) is 3.75. The molecule has 0 aliphatic rings. The summed E-state index contributed by atoms with van der Waals surface area (Å²) in [5, 5.41) is 7.36. The van der Waals surface area contributed by atoms with Gasteiger partial charge in [0.15, 0.2) is 0 Å². The van der Waals surface area contributed by atoms with Crippen molar-refractivity contribution in [1.29, 1.82) is 0 Å². The normalized spacial score (nSPS) is 10.9. The van der Waals surface area contributed by atoms with E-state index in [-0.39, 0.29) is 0 Å². The van der Waals surface area contributed by atoms with Crippen LogP contribution in [0.15, 0.2) is 27.2 Å². The molecule has 1 N–H and O–H groups in total. The van der Waals surface area contributed by atoms with Crippen molar-refractivity contribution in [3.05, 3.63) is 50.8 Å². The monoisotopic (exact) mass is 308 g/mol. The fraction of sp³-hybridized carbons (Fsp3) is 0.357. The summed E-state index contributed by atoms with van der Waals surface area (Å²) >= 11 is 3.58. The molecule has 96 valence electrons. The molecule has 0 fully saturated rings. The summed E-state index contributed by atoms with van der Waals surface area (Å²) in [7, 11) is 0. The fourth-order valence-corrected chi connectivity index (χ4v) is 2.51. The smallest absolute Gasteiger partial charge is 0.138 e. The number of aromatic nitrogens is 1. The molecule has 1 aromatic heterocycles. The summed E-state index contributed by atoms with van der Waals surface area (Å²) in [5.74, 6) is 0.892. The Labute approximate surface area is 116 Å². The van der Waals surface area contributed by atoms with Crippen LogP contribution < -0.4 is 5.32 Å². The molecule has 0 spiro atoms. The highest BCUT2D eigenvalue weighted by atomic mass is 79.9. The molecular formula is C14H17BrN2O. The van der Waals surface area contributed by atoms with Crippen molar-refractivity contribution in [2.45, 2.75) is 33.9 Å². The lowest BCUT2D eigenvalue weighted by Crippen LogP contribution is -2.14. The maximum atomic E-state index is 5.14. The van der Waals surface area contributed by atoms with Crippen molar-refractivity contribution in [2.24, 2.45) is 0 Å². The van der Waals surface area contributed by atoms with Gasteiger partial charge in [0.25, 0.3) is 0 Å².